The van der Waals surface area contributed by atoms with Crippen LogP contribution in [0.25, 0.3) is 0 Å². The van der Waals surface area contributed by atoms with Gasteiger partial charge in [-0.1, -0.05) is 12.1 Å². The molecule has 250 valence electrons. The number of anilines is 1. The fraction of sp³-hybridized carbons (Fsp3) is 0.640. The monoisotopic (exact) mass is 703 g/mol. The first-order chi connectivity index (χ1) is 20.4. The van der Waals surface area contributed by atoms with Crippen LogP contribution >= 0.6 is 38.4 Å². The second-order valence-corrected chi connectivity index (χ2v) is 15.5. The normalized spacial score (nSPS) is 17.1. The van der Waals surface area contributed by atoms with Gasteiger partial charge in [-0.05, 0) is 44.5 Å². The summed E-state index contributed by atoms with van der Waals surface area (Å²) in [5.41, 5.74) is 5.19. The Kier molecular flexibility index (Phi) is 13.8. The maximum absolute atomic E-state index is 14.1. The van der Waals surface area contributed by atoms with E-state index in [4.69, 9.17) is 28.9 Å². The molecule has 2 atom stereocenters. The van der Waals surface area contributed by atoms with E-state index in [0.29, 0.717) is 30.4 Å². The third kappa shape index (κ3) is 8.59. The van der Waals surface area contributed by atoms with E-state index in [2.05, 4.69) is 0 Å². The van der Waals surface area contributed by atoms with E-state index < -0.39 is 50.1 Å². The fourth-order valence-corrected chi connectivity index (χ4v) is 7.68. The van der Waals surface area contributed by atoms with Crippen molar-refractivity contribution in [3.63, 3.8) is 0 Å². The van der Waals surface area contributed by atoms with Crippen molar-refractivity contribution >= 4 is 62.3 Å². The average molecular weight is 704 g/mol. The zero-order valence-electron chi connectivity index (χ0n) is 24.5. The van der Waals surface area contributed by atoms with Crippen molar-refractivity contribution in [1.82, 2.24) is 14.7 Å². The Morgan fingerprint density at radius 2 is 1.52 bits per heavy atom. The first-order valence-electron chi connectivity index (χ1n) is 13.8. The standard InChI is InChI=1S/C25H41Cl2N5O10P2/c1-19(28)22(34)32(18-33)24(2,20-4-6-21(7-5-20)30(12-9-26)13-10-27)23(35)31-16-14-29(15-17-31)11-3-8-25(36,43(37,38)39)44(40,41)42/h4-7,18-19,36H,3,8-17,28H2,1-2H3,(H2,37,38,39)(H2,40,41,42)/t19-,24+/m0/s1. The molecule has 1 saturated heterocycles. The molecule has 1 aromatic rings. The topological polar surface area (TPSA) is 225 Å². The van der Waals surface area contributed by atoms with Gasteiger partial charge in [-0.3, -0.25) is 33.3 Å². The zero-order chi connectivity index (χ0) is 33.5. The predicted molar refractivity (Wildman–Crippen MR) is 165 cm³/mol. The number of halogens is 2. The summed E-state index contributed by atoms with van der Waals surface area (Å²) in [6, 6.07) is 5.70. The molecule has 0 aromatic heterocycles. The number of imide groups is 1. The first kappa shape index (κ1) is 38.6. The molecule has 0 spiro atoms. The van der Waals surface area contributed by atoms with E-state index in [9.17, 15) is 48.2 Å². The lowest BCUT2D eigenvalue weighted by Gasteiger charge is -2.43. The highest BCUT2D eigenvalue weighted by atomic mass is 35.5. The molecule has 0 unspecified atom stereocenters. The Morgan fingerprint density at radius 3 is 1.93 bits per heavy atom. The number of benzene rings is 1. The number of carbonyl (C=O) groups is 3. The van der Waals surface area contributed by atoms with E-state index in [0.717, 1.165) is 10.6 Å². The minimum absolute atomic E-state index is 0.119. The number of hydrogen-bond donors (Lipinski definition) is 6. The van der Waals surface area contributed by atoms with Crippen LogP contribution in [0.2, 0.25) is 0 Å². The summed E-state index contributed by atoms with van der Waals surface area (Å²) in [5, 5.41) is 6.61. The van der Waals surface area contributed by atoms with Gasteiger partial charge >= 0.3 is 15.2 Å². The van der Waals surface area contributed by atoms with Crippen LogP contribution in [-0.2, 0) is 29.1 Å². The van der Waals surface area contributed by atoms with Gasteiger partial charge in [0, 0.05) is 63.1 Å². The Balaban J connectivity index is 2.27. The molecule has 7 N–H and O–H groups in total. The minimum Gasteiger partial charge on any atom is -0.369 e. The average Bonchev–Trinajstić information content (AvgIpc) is 2.96. The second kappa shape index (κ2) is 15.8. The largest absolute Gasteiger partial charge is 0.369 e. The van der Waals surface area contributed by atoms with Crippen molar-refractivity contribution in [3.8, 4) is 0 Å². The third-order valence-corrected chi connectivity index (χ3v) is 11.9. The van der Waals surface area contributed by atoms with Crippen LogP contribution in [0, 0.1) is 0 Å². The molecular formula is C25H41Cl2N5O10P2. The van der Waals surface area contributed by atoms with Gasteiger partial charge in [0.25, 0.3) is 11.0 Å². The van der Waals surface area contributed by atoms with Gasteiger partial charge < -0.3 is 40.2 Å². The van der Waals surface area contributed by atoms with Crippen LogP contribution in [0.1, 0.15) is 32.3 Å². The lowest BCUT2D eigenvalue weighted by molar-refractivity contribution is -0.159. The maximum atomic E-state index is 14.1. The number of hydrogen-bond acceptors (Lipinski definition) is 9. The molecule has 19 heteroatoms. The van der Waals surface area contributed by atoms with Crippen LogP contribution in [0.3, 0.4) is 0 Å². The predicted octanol–water partition coefficient (Wildman–Crippen LogP) is 0.444. The van der Waals surface area contributed by atoms with Crippen LogP contribution in [-0.4, -0.2) is 126 Å². The van der Waals surface area contributed by atoms with Crippen LogP contribution in [0.4, 0.5) is 5.69 Å². The molecule has 0 bridgehead atoms. The van der Waals surface area contributed by atoms with Crippen molar-refractivity contribution in [2.45, 2.75) is 43.4 Å². The highest BCUT2D eigenvalue weighted by Gasteiger charge is 2.58. The third-order valence-electron chi connectivity index (χ3n) is 7.71. The summed E-state index contributed by atoms with van der Waals surface area (Å²) in [6.45, 7) is 4.85. The van der Waals surface area contributed by atoms with E-state index in [1.807, 2.05) is 4.90 Å². The van der Waals surface area contributed by atoms with E-state index >= 15 is 0 Å². The summed E-state index contributed by atoms with van der Waals surface area (Å²) in [5.74, 6) is -0.581. The number of rotatable bonds is 16. The van der Waals surface area contributed by atoms with Crippen LogP contribution in [0.15, 0.2) is 24.3 Å². The van der Waals surface area contributed by atoms with Crippen LogP contribution in [0.5, 0.6) is 0 Å². The Bertz CT molecular complexity index is 1210. The van der Waals surface area contributed by atoms with E-state index in [1.165, 1.54) is 18.7 Å². The number of aliphatic hydroxyl groups is 1. The number of carbonyl (C=O) groups excluding carboxylic acids is 3. The molecule has 0 radical (unpaired) electrons. The summed E-state index contributed by atoms with van der Waals surface area (Å²) in [6.07, 6.45) is -0.725. The lowest BCUT2D eigenvalue weighted by atomic mass is 9.87. The van der Waals surface area contributed by atoms with Gasteiger partial charge in [-0.2, -0.15) is 0 Å². The summed E-state index contributed by atoms with van der Waals surface area (Å²) in [4.78, 5) is 82.8. The zero-order valence-corrected chi connectivity index (χ0v) is 27.8. The van der Waals surface area contributed by atoms with Crippen molar-refractivity contribution in [2.24, 2.45) is 5.73 Å². The number of amides is 3. The molecule has 1 aliphatic rings. The smallest absolute Gasteiger partial charge is 0.369 e. The molecule has 1 fully saturated rings. The molecule has 44 heavy (non-hydrogen) atoms. The number of alkyl halides is 2. The minimum atomic E-state index is -5.56. The van der Waals surface area contributed by atoms with Gasteiger partial charge in [0.1, 0.15) is 0 Å². The van der Waals surface area contributed by atoms with Crippen molar-refractivity contribution in [2.75, 3.05) is 62.5 Å². The summed E-state index contributed by atoms with van der Waals surface area (Å²) in [7, 11) is -11.1. The van der Waals surface area contributed by atoms with Crippen molar-refractivity contribution in [3.05, 3.63) is 29.8 Å². The van der Waals surface area contributed by atoms with Crippen LogP contribution < -0.4 is 10.6 Å². The molecule has 1 aliphatic heterocycles. The molecule has 3 amide bonds. The number of piperazine rings is 1. The molecule has 0 saturated carbocycles. The molecule has 1 aromatic carbocycles. The van der Waals surface area contributed by atoms with Crippen molar-refractivity contribution in [1.29, 1.82) is 0 Å². The van der Waals surface area contributed by atoms with Crippen molar-refractivity contribution < 1.29 is 48.2 Å². The highest BCUT2D eigenvalue weighted by molar-refractivity contribution is 7.72. The van der Waals surface area contributed by atoms with Gasteiger partial charge in [0.15, 0.2) is 5.54 Å². The highest BCUT2D eigenvalue weighted by Crippen LogP contribution is 2.69. The van der Waals surface area contributed by atoms with Gasteiger partial charge in [-0.25, -0.2) is 0 Å². The number of nitrogens with two attached hydrogens (primary N) is 1. The van der Waals surface area contributed by atoms with Gasteiger partial charge in [0.05, 0.1) is 6.04 Å². The molecular weight excluding hydrogens is 663 g/mol. The summed E-state index contributed by atoms with van der Waals surface area (Å²) < 4.78 is 23.2. The SMILES string of the molecule is C[C@H](N)C(=O)N(C=O)[C@@](C)(C(=O)N1CCN(CCCC(O)(P(=O)(O)O)P(=O)(O)O)CC1)c1ccc(N(CCCl)CCCl)cc1. The summed E-state index contributed by atoms with van der Waals surface area (Å²) >= 11 is 11.9. The fourth-order valence-electron chi connectivity index (χ4n) is 5.02. The Hall–Kier alpha value is -1.61. The van der Waals surface area contributed by atoms with E-state index in [1.54, 1.807) is 29.2 Å². The first-order valence-corrected chi connectivity index (χ1v) is 18.0. The van der Waals surface area contributed by atoms with Gasteiger partial charge in [-0.15, -0.1) is 23.2 Å². The maximum Gasteiger partial charge on any atom is 0.369 e. The molecule has 0 aliphatic carbocycles. The molecule has 2 rings (SSSR count). The molecule has 15 nitrogen and oxygen atoms in total. The quantitative estimate of drug-likeness (QED) is 0.0782. The van der Waals surface area contributed by atoms with E-state index in [-0.39, 0.29) is 45.6 Å². The number of nitrogens with zero attached hydrogens (tertiary/aromatic N) is 4. The molecule has 1 heterocycles. The Morgan fingerprint density at radius 1 is 1.02 bits per heavy atom. The Labute approximate surface area is 266 Å². The van der Waals surface area contributed by atoms with Gasteiger partial charge in [0.2, 0.25) is 12.3 Å². The lowest BCUT2D eigenvalue weighted by Crippen LogP contribution is -2.62. The second-order valence-electron chi connectivity index (χ2n) is 10.7.